The van der Waals surface area contributed by atoms with Crippen LogP contribution in [0.15, 0.2) is 12.1 Å². The molecule has 2 aliphatic heterocycles. The number of aromatic nitrogens is 5. The van der Waals surface area contributed by atoms with E-state index in [0.717, 1.165) is 47.6 Å². The van der Waals surface area contributed by atoms with Gasteiger partial charge in [0.2, 0.25) is 5.95 Å². The molecule has 2 bridgehead atoms. The zero-order chi connectivity index (χ0) is 20.7. The molecule has 0 amide bonds. The van der Waals surface area contributed by atoms with Gasteiger partial charge in [0.1, 0.15) is 11.5 Å². The summed E-state index contributed by atoms with van der Waals surface area (Å²) in [6.07, 6.45) is 5.22. The first-order valence-electron chi connectivity index (χ1n) is 10.6. The maximum Gasteiger partial charge on any atom is 0.232 e. The maximum absolute atomic E-state index is 8.95. The summed E-state index contributed by atoms with van der Waals surface area (Å²) in [5, 5.41) is 24.0. The molecule has 4 N–H and O–H groups in total. The quantitative estimate of drug-likeness (QED) is 0.496. The SMILES string of the molecule is Cc1cc(Nc2nc(NC3C[C@@H]4CC[C@@H](C3)N4CCC#N)c3cc(C)[nH]c3n2)n[nH]1. The summed E-state index contributed by atoms with van der Waals surface area (Å²) < 4.78 is 0. The van der Waals surface area contributed by atoms with Gasteiger partial charge in [-0.2, -0.15) is 20.3 Å². The van der Waals surface area contributed by atoms with Crippen molar-refractivity contribution >= 4 is 28.6 Å². The Labute approximate surface area is 175 Å². The van der Waals surface area contributed by atoms with Crippen molar-refractivity contribution in [3.05, 3.63) is 23.5 Å². The molecule has 0 saturated carbocycles. The Morgan fingerprint density at radius 2 is 1.97 bits per heavy atom. The van der Waals surface area contributed by atoms with Gasteiger partial charge in [-0.15, -0.1) is 0 Å². The van der Waals surface area contributed by atoms with Crippen LogP contribution in [0.2, 0.25) is 0 Å². The minimum Gasteiger partial charge on any atom is -0.366 e. The highest BCUT2D eigenvalue weighted by atomic mass is 15.3. The van der Waals surface area contributed by atoms with Crippen molar-refractivity contribution in [3.63, 3.8) is 0 Å². The molecule has 3 aromatic rings. The number of aryl methyl sites for hydroxylation is 2. The Morgan fingerprint density at radius 3 is 2.67 bits per heavy atom. The highest BCUT2D eigenvalue weighted by molar-refractivity contribution is 5.89. The molecular formula is C21H27N9. The monoisotopic (exact) mass is 405 g/mol. The number of nitriles is 1. The van der Waals surface area contributed by atoms with Gasteiger partial charge >= 0.3 is 0 Å². The lowest BCUT2D eigenvalue weighted by Crippen LogP contribution is -2.47. The van der Waals surface area contributed by atoms with Crippen LogP contribution in [0.3, 0.4) is 0 Å². The lowest BCUT2D eigenvalue weighted by atomic mass is 9.97. The molecule has 0 spiro atoms. The van der Waals surface area contributed by atoms with Gasteiger partial charge in [0.25, 0.3) is 0 Å². The number of hydrogen-bond donors (Lipinski definition) is 4. The Hall–Kier alpha value is -3.12. The number of fused-ring (bicyclic) bond motifs is 3. The van der Waals surface area contributed by atoms with Crippen LogP contribution in [-0.2, 0) is 0 Å². The average Bonchev–Trinajstić information content (AvgIpc) is 3.35. The largest absolute Gasteiger partial charge is 0.366 e. The van der Waals surface area contributed by atoms with Crippen LogP contribution in [0.25, 0.3) is 11.0 Å². The molecule has 9 nitrogen and oxygen atoms in total. The maximum atomic E-state index is 8.95. The fourth-order valence-electron chi connectivity index (χ4n) is 5.03. The van der Waals surface area contributed by atoms with E-state index in [9.17, 15) is 0 Å². The van der Waals surface area contributed by atoms with E-state index in [1.165, 1.54) is 12.8 Å². The number of rotatable bonds is 6. The van der Waals surface area contributed by atoms with Crippen molar-refractivity contribution in [1.82, 2.24) is 30.0 Å². The van der Waals surface area contributed by atoms with Crippen molar-refractivity contribution in [2.75, 3.05) is 17.2 Å². The van der Waals surface area contributed by atoms with Crippen LogP contribution in [0, 0.1) is 25.2 Å². The molecule has 0 radical (unpaired) electrons. The van der Waals surface area contributed by atoms with E-state index in [1.54, 1.807) is 0 Å². The van der Waals surface area contributed by atoms with E-state index in [0.29, 0.717) is 36.3 Å². The summed E-state index contributed by atoms with van der Waals surface area (Å²) >= 11 is 0. The first kappa shape index (κ1) is 18.9. The summed E-state index contributed by atoms with van der Waals surface area (Å²) in [5.74, 6) is 2.08. The summed E-state index contributed by atoms with van der Waals surface area (Å²) in [6.45, 7) is 4.88. The second-order valence-corrected chi connectivity index (χ2v) is 8.52. The third-order valence-corrected chi connectivity index (χ3v) is 6.27. The predicted octanol–water partition coefficient (Wildman–Crippen LogP) is 3.36. The van der Waals surface area contributed by atoms with Crippen LogP contribution in [-0.4, -0.2) is 54.7 Å². The lowest BCUT2D eigenvalue weighted by molar-refractivity contribution is 0.136. The third-order valence-electron chi connectivity index (χ3n) is 6.27. The zero-order valence-electron chi connectivity index (χ0n) is 17.4. The number of hydrogen-bond acceptors (Lipinski definition) is 7. The smallest absolute Gasteiger partial charge is 0.232 e. The molecule has 30 heavy (non-hydrogen) atoms. The van der Waals surface area contributed by atoms with Crippen molar-refractivity contribution in [2.24, 2.45) is 0 Å². The summed E-state index contributed by atoms with van der Waals surface area (Å²) in [7, 11) is 0. The molecular weight excluding hydrogens is 378 g/mol. The first-order valence-corrected chi connectivity index (χ1v) is 10.6. The van der Waals surface area contributed by atoms with Crippen molar-refractivity contribution in [2.45, 2.75) is 64.1 Å². The van der Waals surface area contributed by atoms with Crippen LogP contribution in [0.5, 0.6) is 0 Å². The van der Waals surface area contributed by atoms with Gasteiger partial charge in [-0.05, 0) is 45.6 Å². The minimum absolute atomic E-state index is 0.370. The average molecular weight is 406 g/mol. The van der Waals surface area contributed by atoms with E-state index >= 15 is 0 Å². The van der Waals surface area contributed by atoms with Crippen LogP contribution in [0.4, 0.5) is 17.6 Å². The number of H-pyrrole nitrogens is 2. The van der Waals surface area contributed by atoms with Crippen LogP contribution in [0.1, 0.15) is 43.5 Å². The molecule has 156 valence electrons. The van der Waals surface area contributed by atoms with Gasteiger partial charge < -0.3 is 15.6 Å². The van der Waals surface area contributed by atoms with Gasteiger partial charge in [-0.25, -0.2) is 0 Å². The molecule has 0 aliphatic carbocycles. The van der Waals surface area contributed by atoms with Crippen molar-refractivity contribution < 1.29 is 0 Å². The van der Waals surface area contributed by atoms with Gasteiger partial charge in [0.05, 0.1) is 11.5 Å². The van der Waals surface area contributed by atoms with E-state index in [-0.39, 0.29) is 0 Å². The fraction of sp³-hybridized carbons (Fsp3) is 0.524. The summed E-state index contributed by atoms with van der Waals surface area (Å²) in [4.78, 5) is 15.3. The number of anilines is 3. The molecule has 2 fully saturated rings. The van der Waals surface area contributed by atoms with E-state index in [4.69, 9.17) is 10.2 Å². The molecule has 2 aliphatic rings. The number of piperidine rings is 1. The highest BCUT2D eigenvalue weighted by Crippen LogP contribution is 2.37. The predicted molar refractivity (Wildman–Crippen MR) is 116 cm³/mol. The molecule has 0 unspecified atom stereocenters. The molecule has 2 saturated heterocycles. The molecule has 0 aromatic carbocycles. The lowest BCUT2D eigenvalue weighted by Gasteiger charge is -2.39. The summed E-state index contributed by atoms with van der Waals surface area (Å²) in [5.41, 5.74) is 2.85. The Balaban J connectivity index is 1.38. The Kier molecular flexibility index (Phi) is 4.79. The zero-order valence-corrected chi connectivity index (χ0v) is 17.4. The normalized spacial score (nSPS) is 23.6. The molecule has 5 heterocycles. The summed E-state index contributed by atoms with van der Waals surface area (Å²) in [6, 6.07) is 7.80. The van der Waals surface area contributed by atoms with Crippen molar-refractivity contribution in [1.29, 1.82) is 5.26 Å². The van der Waals surface area contributed by atoms with E-state index < -0.39 is 0 Å². The molecule has 2 atom stereocenters. The topological polar surface area (TPSA) is 121 Å². The van der Waals surface area contributed by atoms with Crippen LogP contribution < -0.4 is 10.6 Å². The minimum atomic E-state index is 0.370. The first-order chi connectivity index (χ1) is 14.6. The van der Waals surface area contributed by atoms with Gasteiger partial charge in [0, 0.05) is 48.5 Å². The molecule has 5 rings (SSSR count). The standard InChI is InChI=1S/C21H27N9/c1-12-8-17-19(23-12)26-21(25-18-9-13(2)28-29-18)27-20(17)24-14-10-15-4-5-16(11-14)30(15)7-3-6-22/h8-9,14-16H,3-5,7,10-11H2,1-2H3,(H4,23,24,25,26,27,28,29)/t15-,16-/m0/s1. The fourth-order valence-corrected chi connectivity index (χ4v) is 5.03. The third kappa shape index (κ3) is 3.59. The van der Waals surface area contributed by atoms with Crippen molar-refractivity contribution in [3.8, 4) is 6.07 Å². The Bertz CT molecular complexity index is 1080. The number of nitrogens with one attached hydrogen (secondary N) is 4. The highest BCUT2D eigenvalue weighted by Gasteiger charge is 2.40. The Morgan fingerprint density at radius 1 is 1.17 bits per heavy atom. The number of aromatic amines is 2. The van der Waals surface area contributed by atoms with Gasteiger partial charge in [-0.1, -0.05) is 0 Å². The van der Waals surface area contributed by atoms with E-state index in [2.05, 4.69) is 47.8 Å². The van der Waals surface area contributed by atoms with Crippen LogP contribution >= 0.6 is 0 Å². The van der Waals surface area contributed by atoms with Gasteiger partial charge in [0.15, 0.2) is 5.82 Å². The molecule has 9 heteroatoms. The van der Waals surface area contributed by atoms with Gasteiger partial charge in [-0.3, -0.25) is 10.00 Å². The molecule has 3 aromatic heterocycles. The second-order valence-electron chi connectivity index (χ2n) is 8.52. The second kappa shape index (κ2) is 7.61. The van der Waals surface area contributed by atoms with E-state index in [1.807, 2.05) is 19.9 Å². The number of nitrogens with zero attached hydrogens (tertiary/aromatic N) is 5.